The molecule has 2 fully saturated rings. The number of hydrogen-bond acceptors (Lipinski definition) is 2. The van der Waals surface area contributed by atoms with E-state index in [9.17, 15) is 0 Å². The molecule has 1 saturated heterocycles. The van der Waals surface area contributed by atoms with Crippen molar-refractivity contribution in [3.8, 4) is 0 Å². The topological polar surface area (TPSA) is 29.3 Å². The van der Waals surface area contributed by atoms with Crippen LogP contribution in [0.1, 0.15) is 71.6 Å². The molecule has 0 spiro atoms. The highest BCUT2D eigenvalue weighted by atomic mass is 15.2. The average molecular weight is 252 g/mol. The zero-order valence-electron chi connectivity index (χ0n) is 12.5. The van der Waals surface area contributed by atoms with E-state index < -0.39 is 0 Å². The van der Waals surface area contributed by atoms with Crippen molar-refractivity contribution in [1.29, 1.82) is 0 Å². The van der Waals surface area contributed by atoms with Crippen LogP contribution in [-0.4, -0.2) is 29.6 Å². The molecule has 1 aliphatic carbocycles. The number of fused-ring (bicyclic) bond motifs is 1. The van der Waals surface area contributed by atoms with Gasteiger partial charge in [-0.15, -0.1) is 0 Å². The lowest BCUT2D eigenvalue weighted by molar-refractivity contribution is -0.00800. The molecule has 2 N–H and O–H groups in total. The maximum Gasteiger partial charge on any atom is 0.0334 e. The molecule has 1 aliphatic heterocycles. The molecule has 2 nitrogen and oxygen atoms in total. The summed E-state index contributed by atoms with van der Waals surface area (Å²) < 4.78 is 0. The Morgan fingerprint density at radius 3 is 2.33 bits per heavy atom. The fraction of sp³-hybridized carbons (Fsp3) is 1.00. The summed E-state index contributed by atoms with van der Waals surface area (Å²) in [4.78, 5) is 2.86. The minimum Gasteiger partial charge on any atom is -0.329 e. The first kappa shape index (κ1) is 14.3. The summed E-state index contributed by atoms with van der Waals surface area (Å²) in [5, 5.41) is 0. The van der Waals surface area contributed by atoms with Gasteiger partial charge >= 0.3 is 0 Å². The van der Waals surface area contributed by atoms with Crippen LogP contribution >= 0.6 is 0 Å². The Balaban J connectivity index is 2.17. The lowest BCUT2D eigenvalue weighted by Crippen LogP contribution is -2.60. The SMILES string of the molecule is CCCC(CN)(CCC)N1CCCC2CCCC21. The predicted molar refractivity (Wildman–Crippen MR) is 78.7 cm³/mol. The van der Waals surface area contributed by atoms with E-state index in [0.717, 1.165) is 18.5 Å². The van der Waals surface area contributed by atoms with Crippen LogP contribution in [0.5, 0.6) is 0 Å². The molecule has 0 aromatic heterocycles. The van der Waals surface area contributed by atoms with Gasteiger partial charge in [-0.1, -0.05) is 33.1 Å². The van der Waals surface area contributed by atoms with Crippen molar-refractivity contribution in [3.05, 3.63) is 0 Å². The largest absolute Gasteiger partial charge is 0.329 e. The van der Waals surface area contributed by atoms with Gasteiger partial charge in [-0.05, 0) is 51.0 Å². The molecule has 2 atom stereocenters. The number of nitrogens with two attached hydrogens (primary N) is 1. The summed E-state index contributed by atoms with van der Waals surface area (Å²) in [6.07, 6.45) is 12.3. The lowest BCUT2D eigenvalue weighted by atomic mass is 9.81. The zero-order chi connectivity index (χ0) is 13.0. The third-order valence-corrected chi connectivity index (χ3v) is 5.41. The Morgan fingerprint density at radius 1 is 1.06 bits per heavy atom. The average Bonchev–Trinajstić information content (AvgIpc) is 2.86. The maximum absolute atomic E-state index is 6.25. The molecule has 1 saturated carbocycles. The first-order chi connectivity index (χ1) is 8.77. The van der Waals surface area contributed by atoms with E-state index in [4.69, 9.17) is 5.73 Å². The second-order valence-electron chi connectivity index (χ2n) is 6.52. The van der Waals surface area contributed by atoms with Gasteiger partial charge in [0.2, 0.25) is 0 Å². The smallest absolute Gasteiger partial charge is 0.0334 e. The van der Waals surface area contributed by atoms with Crippen LogP contribution in [0.2, 0.25) is 0 Å². The molecular weight excluding hydrogens is 220 g/mol. The molecule has 2 heteroatoms. The van der Waals surface area contributed by atoms with E-state index in [-0.39, 0.29) is 0 Å². The summed E-state index contributed by atoms with van der Waals surface area (Å²) in [7, 11) is 0. The molecule has 18 heavy (non-hydrogen) atoms. The van der Waals surface area contributed by atoms with Crippen LogP contribution in [0.4, 0.5) is 0 Å². The Bertz CT molecular complexity index is 245. The fourth-order valence-electron chi connectivity index (χ4n) is 4.71. The monoisotopic (exact) mass is 252 g/mol. The summed E-state index contributed by atoms with van der Waals surface area (Å²) in [5.41, 5.74) is 6.57. The lowest BCUT2D eigenvalue weighted by Gasteiger charge is -2.51. The summed E-state index contributed by atoms with van der Waals surface area (Å²) in [6.45, 7) is 6.79. The Morgan fingerprint density at radius 2 is 1.72 bits per heavy atom. The van der Waals surface area contributed by atoms with Gasteiger partial charge in [-0.2, -0.15) is 0 Å². The van der Waals surface area contributed by atoms with E-state index in [0.29, 0.717) is 5.54 Å². The fourth-order valence-corrected chi connectivity index (χ4v) is 4.71. The minimum atomic E-state index is 0.317. The molecule has 0 radical (unpaired) electrons. The van der Waals surface area contributed by atoms with Gasteiger partial charge in [0.1, 0.15) is 0 Å². The predicted octanol–water partition coefficient (Wildman–Crippen LogP) is 3.55. The Hall–Kier alpha value is -0.0800. The van der Waals surface area contributed by atoms with Crippen LogP contribution < -0.4 is 5.73 Å². The molecule has 1 heterocycles. The van der Waals surface area contributed by atoms with Crippen LogP contribution in [-0.2, 0) is 0 Å². The summed E-state index contributed by atoms with van der Waals surface area (Å²) >= 11 is 0. The van der Waals surface area contributed by atoms with Gasteiger partial charge in [0.15, 0.2) is 0 Å². The van der Waals surface area contributed by atoms with Crippen molar-refractivity contribution in [2.45, 2.75) is 83.2 Å². The molecule has 0 amide bonds. The van der Waals surface area contributed by atoms with Crippen molar-refractivity contribution in [1.82, 2.24) is 4.90 Å². The Labute approximate surface area is 113 Å². The van der Waals surface area contributed by atoms with Crippen molar-refractivity contribution in [2.24, 2.45) is 11.7 Å². The highest BCUT2D eigenvalue weighted by Crippen LogP contribution is 2.42. The van der Waals surface area contributed by atoms with E-state index >= 15 is 0 Å². The second-order valence-corrected chi connectivity index (χ2v) is 6.52. The molecule has 0 bridgehead atoms. The van der Waals surface area contributed by atoms with Gasteiger partial charge in [-0.25, -0.2) is 0 Å². The Kier molecular flexibility index (Phi) is 5.08. The molecule has 0 aromatic rings. The van der Waals surface area contributed by atoms with Gasteiger partial charge in [0, 0.05) is 18.1 Å². The molecule has 0 aromatic carbocycles. The minimum absolute atomic E-state index is 0.317. The van der Waals surface area contributed by atoms with Crippen molar-refractivity contribution < 1.29 is 0 Å². The zero-order valence-corrected chi connectivity index (χ0v) is 12.5. The first-order valence-corrected chi connectivity index (χ1v) is 8.24. The normalized spacial score (nSPS) is 29.5. The third kappa shape index (κ3) is 2.60. The van der Waals surface area contributed by atoms with E-state index in [1.165, 1.54) is 64.3 Å². The molecule has 2 aliphatic rings. The summed E-state index contributed by atoms with van der Waals surface area (Å²) in [6, 6.07) is 0.861. The number of hydrogen-bond donors (Lipinski definition) is 1. The van der Waals surface area contributed by atoms with Crippen molar-refractivity contribution in [3.63, 3.8) is 0 Å². The van der Waals surface area contributed by atoms with E-state index in [2.05, 4.69) is 18.7 Å². The van der Waals surface area contributed by atoms with Crippen molar-refractivity contribution in [2.75, 3.05) is 13.1 Å². The quantitative estimate of drug-likeness (QED) is 0.783. The van der Waals surface area contributed by atoms with Crippen LogP contribution in [0.15, 0.2) is 0 Å². The van der Waals surface area contributed by atoms with Gasteiger partial charge < -0.3 is 5.73 Å². The van der Waals surface area contributed by atoms with Crippen molar-refractivity contribution >= 4 is 0 Å². The molecule has 106 valence electrons. The second kappa shape index (κ2) is 6.38. The number of nitrogens with zero attached hydrogens (tertiary/aromatic N) is 1. The van der Waals surface area contributed by atoms with E-state index in [1.54, 1.807) is 0 Å². The van der Waals surface area contributed by atoms with Gasteiger partial charge in [0.25, 0.3) is 0 Å². The highest BCUT2D eigenvalue weighted by Gasteiger charge is 2.44. The number of piperidine rings is 1. The summed E-state index contributed by atoms with van der Waals surface area (Å²) in [5.74, 6) is 0.985. The van der Waals surface area contributed by atoms with Crippen LogP contribution in [0.25, 0.3) is 0 Å². The van der Waals surface area contributed by atoms with Gasteiger partial charge in [0.05, 0.1) is 0 Å². The maximum atomic E-state index is 6.25. The molecule has 2 unspecified atom stereocenters. The third-order valence-electron chi connectivity index (χ3n) is 5.41. The number of rotatable bonds is 6. The first-order valence-electron chi connectivity index (χ1n) is 8.24. The van der Waals surface area contributed by atoms with Crippen LogP contribution in [0.3, 0.4) is 0 Å². The van der Waals surface area contributed by atoms with E-state index in [1.807, 2.05) is 0 Å². The standard InChI is InChI=1S/C16H32N2/c1-3-10-16(13-17,11-4-2)18-12-6-8-14-7-5-9-15(14)18/h14-15H,3-13,17H2,1-2H3. The van der Waals surface area contributed by atoms with Gasteiger partial charge in [-0.3, -0.25) is 4.90 Å². The number of likely N-dealkylation sites (tertiary alicyclic amines) is 1. The highest BCUT2D eigenvalue weighted by molar-refractivity contribution is 5.00. The molecular formula is C16H32N2. The molecule has 2 rings (SSSR count). The van der Waals surface area contributed by atoms with Crippen LogP contribution in [0, 0.1) is 5.92 Å².